The molecule has 162 valence electrons. The van der Waals surface area contributed by atoms with Crippen molar-refractivity contribution in [2.75, 3.05) is 32.0 Å². The van der Waals surface area contributed by atoms with Crippen LogP contribution in [0.4, 0.5) is 5.69 Å². The zero-order valence-electron chi connectivity index (χ0n) is 17.4. The number of aliphatic imine (C=N–C) groups is 1. The van der Waals surface area contributed by atoms with E-state index in [0.717, 1.165) is 6.54 Å². The van der Waals surface area contributed by atoms with Crippen molar-refractivity contribution in [3.63, 3.8) is 0 Å². The molecular weight excluding hydrogens is 491 g/mol. The Morgan fingerprint density at radius 2 is 1.80 bits per heavy atom. The first-order chi connectivity index (χ1) is 14.2. The molecule has 0 atom stereocenters. The number of amides is 1. The number of hydrogen-bond donors (Lipinski definition) is 3. The van der Waals surface area contributed by atoms with Crippen LogP contribution >= 0.6 is 24.0 Å². The molecule has 2 aromatic rings. The maximum absolute atomic E-state index is 12.0. The van der Waals surface area contributed by atoms with Crippen molar-refractivity contribution >= 4 is 41.5 Å². The molecule has 8 heteroatoms. The number of carbonyl (C=O) groups is 1. The fourth-order valence-electron chi connectivity index (χ4n) is 3.35. The minimum atomic E-state index is -0.150. The van der Waals surface area contributed by atoms with Gasteiger partial charge in [-0.2, -0.15) is 0 Å². The van der Waals surface area contributed by atoms with Crippen molar-refractivity contribution in [3.8, 4) is 0 Å². The number of pyridine rings is 1. The molecule has 1 saturated heterocycles. The molecule has 1 aromatic heterocycles. The van der Waals surface area contributed by atoms with Crippen LogP contribution in [-0.4, -0.2) is 48.4 Å². The van der Waals surface area contributed by atoms with Gasteiger partial charge in [0.25, 0.3) is 0 Å². The number of aromatic nitrogens is 1. The molecule has 1 fully saturated rings. The summed E-state index contributed by atoms with van der Waals surface area (Å²) < 4.78 is 0. The number of nitrogens with one attached hydrogen (secondary N) is 3. The highest BCUT2D eigenvalue weighted by atomic mass is 127. The van der Waals surface area contributed by atoms with E-state index in [2.05, 4.69) is 55.1 Å². The van der Waals surface area contributed by atoms with Gasteiger partial charge < -0.3 is 16.0 Å². The number of halogens is 1. The Bertz CT molecular complexity index is 791. The molecule has 0 unspecified atom stereocenters. The number of guanidine groups is 1. The van der Waals surface area contributed by atoms with Crippen LogP contribution in [0.1, 0.15) is 30.4 Å². The smallest absolute Gasteiger partial charge is 0.243 e. The Morgan fingerprint density at radius 1 is 1.07 bits per heavy atom. The third kappa shape index (κ3) is 8.27. The lowest BCUT2D eigenvalue weighted by Crippen LogP contribution is -2.41. The number of nitrogens with zero attached hydrogens (tertiary/aromatic N) is 3. The van der Waals surface area contributed by atoms with Crippen LogP contribution in [0.25, 0.3) is 0 Å². The maximum atomic E-state index is 12.0. The molecule has 1 aliphatic heterocycles. The van der Waals surface area contributed by atoms with Crippen LogP contribution in [0.2, 0.25) is 0 Å². The zero-order chi connectivity index (χ0) is 20.3. The molecule has 3 N–H and O–H groups in total. The summed E-state index contributed by atoms with van der Waals surface area (Å²) in [6.07, 6.45) is 7.27. The molecule has 2 heterocycles. The van der Waals surface area contributed by atoms with Gasteiger partial charge in [-0.05, 0) is 49.2 Å². The summed E-state index contributed by atoms with van der Waals surface area (Å²) in [7, 11) is 1.69. The number of hydrogen-bond acceptors (Lipinski definition) is 4. The number of rotatable bonds is 7. The molecule has 30 heavy (non-hydrogen) atoms. The van der Waals surface area contributed by atoms with Gasteiger partial charge in [0.15, 0.2) is 5.96 Å². The monoisotopic (exact) mass is 522 g/mol. The first-order valence-corrected chi connectivity index (χ1v) is 10.2. The topological polar surface area (TPSA) is 81.6 Å². The number of carbonyl (C=O) groups excluding carboxylic acids is 1. The molecule has 1 aliphatic rings. The molecular formula is C22H31IN6O. The van der Waals surface area contributed by atoms with Gasteiger partial charge in [0, 0.05) is 26.3 Å². The average Bonchev–Trinajstić information content (AvgIpc) is 2.76. The number of piperidine rings is 1. The van der Waals surface area contributed by atoms with Gasteiger partial charge >= 0.3 is 0 Å². The lowest BCUT2D eigenvalue weighted by molar-refractivity contribution is -0.115. The second-order valence-electron chi connectivity index (χ2n) is 7.22. The molecule has 0 saturated carbocycles. The lowest BCUT2D eigenvalue weighted by Gasteiger charge is -2.26. The summed E-state index contributed by atoms with van der Waals surface area (Å²) in [4.78, 5) is 22.7. The normalized spacial score (nSPS) is 14.5. The van der Waals surface area contributed by atoms with Gasteiger partial charge in [-0.15, -0.1) is 24.0 Å². The summed E-state index contributed by atoms with van der Waals surface area (Å²) in [6, 6.07) is 12.3. The predicted molar refractivity (Wildman–Crippen MR) is 132 cm³/mol. The van der Waals surface area contributed by atoms with Gasteiger partial charge in [0.1, 0.15) is 0 Å². The van der Waals surface area contributed by atoms with Crippen LogP contribution < -0.4 is 16.0 Å². The summed E-state index contributed by atoms with van der Waals surface area (Å²) in [5.41, 5.74) is 3.20. The van der Waals surface area contributed by atoms with Crippen LogP contribution in [0, 0.1) is 0 Å². The van der Waals surface area contributed by atoms with Crippen molar-refractivity contribution < 1.29 is 4.79 Å². The second kappa shape index (κ2) is 13.2. The van der Waals surface area contributed by atoms with Gasteiger partial charge in [-0.3, -0.25) is 19.7 Å². The number of benzene rings is 1. The minimum Gasteiger partial charge on any atom is -0.352 e. The molecule has 0 spiro atoms. The van der Waals surface area contributed by atoms with Crippen LogP contribution in [0.15, 0.2) is 53.8 Å². The first-order valence-electron chi connectivity index (χ1n) is 10.2. The van der Waals surface area contributed by atoms with E-state index in [4.69, 9.17) is 0 Å². The van der Waals surface area contributed by atoms with Crippen molar-refractivity contribution in [1.82, 2.24) is 20.5 Å². The highest BCUT2D eigenvalue weighted by Crippen LogP contribution is 2.13. The van der Waals surface area contributed by atoms with E-state index < -0.39 is 0 Å². The Morgan fingerprint density at radius 3 is 2.47 bits per heavy atom. The molecule has 0 bridgehead atoms. The van der Waals surface area contributed by atoms with Crippen molar-refractivity contribution in [2.24, 2.45) is 4.99 Å². The van der Waals surface area contributed by atoms with Gasteiger partial charge in [-0.25, -0.2) is 0 Å². The van der Waals surface area contributed by atoms with E-state index in [1.165, 1.54) is 43.5 Å². The van der Waals surface area contributed by atoms with E-state index in [9.17, 15) is 4.79 Å². The summed E-state index contributed by atoms with van der Waals surface area (Å²) in [5.74, 6) is 0.437. The van der Waals surface area contributed by atoms with E-state index in [1.807, 2.05) is 0 Å². The first kappa shape index (κ1) is 24.1. The average molecular weight is 522 g/mol. The number of anilines is 1. The molecule has 3 rings (SSSR count). The van der Waals surface area contributed by atoms with E-state index >= 15 is 0 Å². The summed E-state index contributed by atoms with van der Waals surface area (Å²) >= 11 is 0. The van der Waals surface area contributed by atoms with E-state index in [-0.39, 0.29) is 36.4 Å². The van der Waals surface area contributed by atoms with Crippen LogP contribution in [0.3, 0.4) is 0 Å². The fourth-order valence-corrected chi connectivity index (χ4v) is 3.35. The predicted octanol–water partition coefficient (Wildman–Crippen LogP) is 2.99. The minimum absolute atomic E-state index is 0. The summed E-state index contributed by atoms with van der Waals surface area (Å²) in [5, 5.41) is 9.05. The number of likely N-dealkylation sites (tertiary alicyclic amines) is 1. The molecule has 1 aromatic carbocycles. The molecule has 7 nitrogen and oxygen atoms in total. The van der Waals surface area contributed by atoms with Crippen LogP contribution in [-0.2, 0) is 17.9 Å². The third-order valence-electron chi connectivity index (χ3n) is 4.92. The molecule has 1 amide bonds. The fraction of sp³-hybridized carbons (Fsp3) is 0.409. The molecule has 0 radical (unpaired) electrons. The van der Waals surface area contributed by atoms with Crippen molar-refractivity contribution in [2.45, 2.75) is 32.4 Å². The van der Waals surface area contributed by atoms with E-state index in [0.29, 0.717) is 18.2 Å². The third-order valence-corrected chi connectivity index (χ3v) is 4.92. The Kier molecular flexibility index (Phi) is 10.6. The van der Waals surface area contributed by atoms with Crippen molar-refractivity contribution in [1.29, 1.82) is 0 Å². The lowest BCUT2D eigenvalue weighted by atomic mass is 10.1. The van der Waals surface area contributed by atoms with Gasteiger partial charge in [0.2, 0.25) is 5.91 Å². The quantitative estimate of drug-likeness (QED) is 0.296. The SMILES string of the molecule is CN=C(NCC(=O)Nc1cccnc1)NCc1ccc(CN2CCCCC2)cc1.I. The second-order valence-corrected chi connectivity index (χ2v) is 7.22. The summed E-state index contributed by atoms with van der Waals surface area (Å²) in [6.45, 7) is 4.22. The maximum Gasteiger partial charge on any atom is 0.243 e. The van der Waals surface area contributed by atoms with Crippen molar-refractivity contribution in [3.05, 3.63) is 59.9 Å². The zero-order valence-corrected chi connectivity index (χ0v) is 19.8. The van der Waals surface area contributed by atoms with Crippen LogP contribution in [0.5, 0.6) is 0 Å². The highest BCUT2D eigenvalue weighted by molar-refractivity contribution is 14.0. The van der Waals surface area contributed by atoms with Gasteiger partial charge in [0.05, 0.1) is 18.4 Å². The van der Waals surface area contributed by atoms with Gasteiger partial charge in [-0.1, -0.05) is 30.7 Å². The molecule has 0 aliphatic carbocycles. The Hall–Kier alpha value is -2.20. The van der Waals surface area contributed by atoms with E-state index in [1.54, 1.807) is 31.6 Å². The Labute approximate surface area is 195 Å². The standard InChI is InChI=1S/C22H30N6O.HI/c1-23-22(26-16-21(29)27-20-6-5-11-24-15-20)25-14-18-7-9-19(10-8-18)17-28-12-3-2-4-13-28;/h5-11,15H,2-4,12-14,16-17H2,1H3,(H,27,29)(H2,23,25,26);1H. The largest absolute Gasteiger partial charge is 0.352 e. The Balaban J connectivity index is 0.00000320. The highest BCUT2D eigenvalue weighted by Gasteiger charge is 2.10.